The van der Waals surface area contributed by atoms with E-state index in [1.54, 1.807) is 48.3 Å². The number of hydrogen-bond donors (Lipinski definition) is 2. The van der Waals surface area contributed by atoms with E-state index in [1.165, 1.54) is 0 Å². The number of nitrogens with zero attached hydrogens (tertiary/aromatic N) is 2. The van der Waals surface area contributed by atoms with Gasteiger partial charge in [-0.1, -0.05) is 18.2 Å². The minimum Gasteiger partial charge on any atom is -0.381 e. The Labute approximate surface area is 193 Å². The molecule has 5 rings (SSSR count). The number of nitrogens with one attached hydrogen (secondary N) is 2. The Morgan fingerprint density at radius 1 is 1.27 bits per heavy atom. The molecule has 0 saturated carbocycles. The third-order valence-corrected chi connectivity index (χ3v) is 8.63. The molecule has 2 N–H and O–H groups in total. The van der Waals surface area contributed by atoms with Gasteiger partial charge in [0.1, 0.15) is 0 Å². The molecule has 0 bridgehead atoms. The second kappa shape index (κ2) is 8.79. The number of benzene rings is 1. The van der Waals surface area contributed by atoms with Crippen molar-refractivity contribution < 1.29 is 17.9 Å². The van der Waals surface area contributed by atoms with Crippen LogP contribution < -0.4 is 10.6 Å². The van der Waals surface area contributed by atoms with Gasteiger partial charge in [-0.3, -0.25) is 9.48 Å². The van der Waals surface area contributed by atoms with Crippen molar-refractivity contribution in [1.82, 2.24) is 9.78 Å². The zero-order chi connectivity index (χ0) is 23.0. The molecule has 8 nitrogen and oxygen atoms in total. The van der Waals surface area contributed by atoms with Crippen molar-refractivity contribution in [3.8, 4) is 0 Å². The van der Waals surface area contributed by atoms with Gasteiger partial charge in [0, 0.05) is 44.1 Å². The van der Waals surface area contributed by atoms with Gasteiger partial charge in [0.15, 0.2) is 5.82 Å². The van der Waals surface area contributed by atoms with Crippen LogP contribution in [-0.2, 0) is 26.4 Å². The van der Waals surface area contributed by atoms with Crippen molar-refractivity contribution in [2.75, 3.05) is 23.8 Å². The number of sulfone groups is 1. The van der Waals surface area contributed by atoms with E-state index in [2.05, 4.69) is 15.7 Å². The van der Waals surface area contributed by atoms with Gasteiger partial charge in [0.25, 0.3) is 0 Å². The van der Waals surface area contributed by atoms with Gasteiger partial charge < -0.3 is 15.4 Å². The molecule has 1 aromatic carbocycles. The highest BCUT2D eigenvalue weighted by molar-refractivity contribution is 7.95. The first-order chi connectivity index (χ1) is 15.9. The summed E-state index contributed by atoms with van der Waals surface area (Å²) in [5.41, 5.74) is 1.24. The second-order valence-electron chi connectivity index (χ2n) is 8.96. The van der Waals surface area contributed by atoms with E-state index in [4.69, 9.17) is 4.74 Å². The molecule has 2 unspecified atom stereocenters. The highest BCUT2D eigenvalue weighted by atomic mass is 32.2. The Kier molecular flexibility index (Phi) is 5.84. The number of fused-ring (bicyclic) bond motifs is 1. The number of aromatic nitrogens is 2. The van der Waals surface area contributed by atoms with Crippen molar-refractivity contribution in [2.45, 2.75) is 30.6 Å². The number of para-hydroxylation sites is 1. The van der Waals surface area contributed by atoms with Gasteiger partial charge in [0.05, 0.1) is 15.5 Å². The van der Waals surface area contributed by atoms with Crippen LogP contribution in [0.1, 0.15) is 25.7 Å². The number of ether oxygens (including phenoxy) is 1. The number of allylic oxidation sites excluding steroid dienone is 3. The maximum atomic E-state index is 13.4. The lowest BCUT2D eigenvalue weighted by atomic mass is 9.77. The van der Waals surface area contributed by atoms with E-state index in [1.807, 2.05) is 12.1 Å². The van der Waals surface area contributed by atoms with Gasteiger partial charge in [-0.05, 0) is 55.7 Å². The fourth-order valence-electron chi connectivity index (χ4n) is 4.96. The molecule has 0 radical (unpaired) electrons. The lowest BCUT2D eigenvalue weighted by Crippen LogP contribution is -2.34. The van der Waals surface area contributed by atoms with Crippen LogP contribution in [0.2, 0.25) is 0 Å². The van der Waals surface area contributed by atoms with E-state index in [9.17, 15) is 13.2 Å². The summed E-state index contributed by atoms with van der Waals surface area (Å²) in [6.07, 6.45) is 8.40. The van der Waals surface area contributed by atoms with Crippen LogP contribution in [0.15, 0.2) is 64.2 Å². The Morgan fingerprint density at radius 3 is 2.82 bits per heavy atom. The number of rotatable bonds is 5. The van der Waals surface area contributed by atoms with Crippen molar-refractivity contribution in [3.63, 3.8) is 0 Å². The average molecular weight is 469 g/mol. The van der Waals surface area contributed by atoms with E-state index in [0.717, 1.165) is 19.3 Å². The molecule has 0 spiro atoms. The SMILES string of the molecule is Cn1ccc(NC(=O)C(CC2CCOCC2)C2C=CC3=C(C2)Nc2ccccc2S3(=O)=O)n1. The Morgan fingerprint density at radius 2 is 2.06 bits per heavy atom. The molecule has 1 fully saturated rings. The lowest BCUT2D eigenvalue weighted by Gasteiger charge is -2.33. The predicted octanol–water partition coefficient (Wildman–Crippen LogP) is 3.48. The largest absolute Gasteiger partial charge is 0.381 e. The molecule has 9 heteroatoms. The monoisotopic (exact) mass is 468 g/mol. The highest BCUT2D eigenvalue weighted by Gasteiger charge is 2.37. The van der Waals surface area contributed by atoms with Crippen molar-refractivity contribution in [2.24, 2.45) is 24.8 Å². The zero-order valence-corrected chi connectivity index (χ0v) is 19.3. The van der Waals surface area contributed by atoms with Crippen molar-refractivity contribution >= 4 is 27.2 Å². The molecular weight excluding hydrogens is 440 g/mol. The molecule has 3 aliphatic rings. The normalized spacial score (nSPS) is 22.8. The summed E-state index contributed by atoms with van der Waals surface area (Å²) in [5, 5.41) is 10.6. The quantitative estimate of drug-likeness (QED) is 0.697. The Balaban J connectivity index is 1.41. The van der Waals surface area contributed by atoms with E-state index < -0.39 is 9.84 Å². The molecule has 3 heterocycles. The Hall–Kier alpha value is -2.91. The summed E-state index contributed by atoms with van der Waals surface area (Å²) in [6.45, 7) is 1.43. The van der Waals surface area contributed by atoms with Crippen molar-refractivity contribution in [3.05, 3.63) is 59.3 Å². The minimum atomic E-state index is -3.58. The summed E-state index contributed by atoms with van der Waals surface area (Å²) in [7, 11) is -1.78. The number of carbonyl (C=O) groups is 1. The number of carbonyl (C=O) groups excluding carboxylic acids is 1. The molecule has 2 aromatic rings. The fourth-order valence-corrected chi connectivity index (χ4v) is 6.58. The maximum absolute atomic E-state index is 13.4. The summed E-state index contributed by atoms with van der Waals surface area (Å²) in [6, 6.07) is 8.71. The number of amides is 1. The van der Waals surface area contributed by atoms with Crippen LogP contribution in [0.25, 0.3) is 0 Å². The molecule has 1 aliphatic carbocycles. The lowest BCUT2D eigenvalue weighted by molar-refractivity contribution is -0.122. The van der Waals surface area contributed by atoms with Gasteiger partial charge in [-0.15, -0.1) is 0 Å². The summed E-state index contributed by atoms with van der Waals surface area (Å²) in [4.78, 5) is 14.0. The van der Waals surface area contributed by atoms with Gasteiger partial charge in [-0.25, -0.2) is 8.42 Å². The molecule has 2 aliphatic heterocycles. The average Bonchev–Trinajstić information content (AvgIpc) is 3.22. The molecule has 1 saturated heterocycles. The molecule has 1 amide bonds. The zero-order valence-electron chi connectivity index (χ0n) is 18.5. The van der Waals surface area contributed by atoms with Gasteiger partial charge in [0.2, 0.25) is 15.7 Å². The van der Waals surface area contributed by atoms with Crippen LogP contribution >= 0.6 is 0 Å². The topological polar surface area (TPSA) is 102 Å². The van der Waals surface area contributed by atoms with Gasteiger partial charge in [-0.2, -0.15) is 5.10 Å². The van der Waals surface area contributed by atoms with Crippen LogP contribution in [0.4, 0.5) is 11.5 Å². The van der Waals surface area contributed by atoms with Gasteiger partial charge >= 0.3 is 0 Å². The van der Waals surface area contributed by atoms with E-state index in [0.29, 0.717) is 52.6 Å². The molecule has 2 atom stereocenters. The smallest absolute Gasteiger partial charge is 0.229 e. The number of hydrogen-bond acceptors (Lipinski definition) is 6. The molecule has 174 valence electrons. The molecule has 1 aromatic heterocycles. The molecular formula is C24H28N4O4S. The molecule has 33 heavy (non-hydrogen) atoms. The van der Waals surface area contributed by atoms with E-state index in [-0.39, 0.29) is 17.7 Å². The standard InChI is InChI=1S/C24H28N4O4S/c1-28-11-8-23(27-28)26-24(29)18(14-16-9-12-32-13-10-16)17-6-7-22-20(15-17)25-19-4-2-3-5-21(19)33(22,30)31/h2-8,11,16-18,25H,9-10,12-15H2,1H3,(H,26,27,29). The van der Waals surface area contributed by atoms with Crippen LogP contribution in [0.5, 0.6) is 0 Å². The first-order valence-corrected chi connectivity index (χ1v) is 12.8. The highest BCUT2D eigenvalue weighted by Crippen LogP contribution is 2.42. The number of aryl methyl sites for hydroxylation is 1. The summed E-state index contributed by atoms with van der Waals surface area (Å²) < 4.78 is 33.5. The van der Waals surface area contributed by atoms with Crippen molar-refractivity contribution in [1.29, 1.82) is 0 Å². The second-order valence-corrected chi connectivity index (χ2v) is 10.8. The van der Waals surface area contributed by atoms with Crippen LogP contribution in [0.3, 0.4) is 0 Å². The minimum absolute atomic E-state index is 0.0852. The summed E-state index contributed by atoms with van der Waals surface area (Å²) in [5.74, 6) is 0.403. The first kappa shape index (κ1) is 21.9. The fraction of sp³-hybridized carbons (Fsp3) is 0.417. The van der Waals surface area contributed by atoms with E-state index >= 15 is 0 Å². The summed E-state index contributed by atoms with van der Waals surface area (Å²) >= 11 is 0. The first-order valence-electron chi connectivity index (χ1n) is 11.3. The predicted molar refractivity (Wildman–Crippen MR) is 125 cm³/mol. The Bertz CT molecular complexity index is 1220. The van der Waals surface area contributed by atoms with Crippen LogP contribution in [-0.4, -0.2) is 37.3 Å². The number of anilines is 2. The van der Waals surface area contributed by atoms with Crippen LogP contribution in [0, 0.1) is 17.8 Å². The third-order valence-electron chi connectivity index (χ3n) is 6.73. The maximum Gasteiger partial charge on any atom is 0.229 e. The third kappa shape index (κ3) is 4.35.